The number of nitrogens with zero attached hydrogens (tertiary/aromatic N) is 3. The third-order valence-corrected chi connectivity index (χ3v) is 5.34. The molecule has 4 rings (SSSR count). The summed E-state index contributed by atoms with van der Waals surface area (Å²) in [6.45, 7) is 2.94. The van der Waals surface area contributed by atoms with E-state index in [4.69, 9.17) is 20.9 Å². The zero-order valence-electron chi connectivity index (χ0n) is 13.6. The number of anilines is 1. The number of benzene rings is 1. The van der Waals surface area contributed by atoms with Crippen LogP contribution >= 0.6 is 22.9 Å². The van der Waals surface area contributed by atoms with Gasteiger partial charge < -0.3 is 9.26 Å². The second-order valence-electron chi connectivity index (χ2n) is 5.99. The van der Waals surface area contributed by atoms with E-state index in [0.717, 1.165) is 29.7 Å². The first-order valence-electron chi connectivity index (χ1n) is 8.03. The molecule has 1 aromatic carbocycles. The van der Waals surface area contributed by atoms with Crippen LogP contribution in [0.25, 0.3) is 10.2 Å². The second-order valence-corrected chi connectivity index (χ2v) is 7.44. The molecule has 0 aliphatic carbocycles. The zero-order chi connectivity index (χ0) is 17.4. The quantitative estimate of drug-likeness (QED) is 0.685. The summed E-state index contributed by atoms with van der Waals surface area (Å²) in [5, 5.41) is 5.06. The fourth-order valence-electron chi connectivity index (χ4n) is 2.84. The van der Waals surface area contributed by atoms with Crippen LogP contribution in [0.3, 0.4) is 0 Å². The van der Waals surface area contributed by atoms with Crippen molar-refractivity contribution in [1.29, 1.82) is 0 Å². The highest BCUT2D eigenvalue weighted by molar-refractivity contribution is 7.22. The summed E-state index contributed by atoms with van der Waals surface area (Å²) in [4.78, 5) is 19.2. The number of amides is 1. The number of aryl methyl sites for hydroxylation is 1. The van der Waals surface area contributed by atoms with Crippen LogP contribution < -0.4 is 4.90 Å². The Balaban J connectivity index is 1.70. The number of fused-ring (bicyclic) bond motifs is 1. The normalized spacial score (nSPS) is 17.3. The molecule has 0 spiro atoms. The minimum atomic E-state index is -0.263. The van der Waals surface area contributed by atoms with Gasteiger partial charge in [0.05, 0.1) is 28.6 Å². The van der Waals surface area contributed by atoms with Crippen LogP contribution in [0, 0.1) is 6.92 Å². The fraction of sp³-hybridized carbons (Fsp3) is 0.353. The van der Waals surface area contributed by atoms with Gasteiger partial charge in [0.2, 0.25) is 5.76 Å². The SMILES string of the molecule is Cc1cc(C(=O)N(CC2CCCO2)c2nc3ccc(Cl)cc3s2)on1. The highest BCUT2D eigenvalue weighted by Crippen LogP contribution is 2.32. The number of ether oxygens (including phenoxy) is 1. The number of carbonyl (C=O) groups excluding carboxylic acids is 1. The maximum absolute atomic E-state index is 13.0. The number of rotatable bonds is 4. The largest absolute Gasteiger partial charge is 0.376 e. The zero-order valence-corrected chi connectivity index (χ0v) is 15.1. The number of carbonyl (C=O) groups is 1. The van der Waals surface area contributed by atoms with Crippen LogP contribution in [0.2, 0.25) is 5.02 Å². The van der Waals surface area contributed by atoms with Crippen LogP contribution in [-0.4, -0.2) is 35.3 Å². The third kappa shape index (κ3) is 3.40. The molecule has 1 saturated heterocycles. The molecule has 2 aromatic heterocycles. The topological polar surface area (TPSA) is 68.5 Å². The first-order valence-corrected chi connectivity index (χ1v) is 9.22. The van der Waals surface area contributed by atoms with Crippen molar-refractivity contribution in [2.24, 2.45) is 0 Å². The summed E-state index contributed by atoms with van der Waals surface area (Å²) in [6, 6.07) is 7.13. The van der Waals surface area contributed by atoms with Gasteiger partial charge in [0.15, 0.2) is 5.13 Å². The molecule has 1 aliphatic heterocycles. The van der Waals surface area contributed by atoms with E-state index < -0.39 is 0 Å². The van der Waals surface area contributed by atoms with E-state index in [1.54, 1.807) is 24.0 Å². The van der Waals surface area contributed by atoms with Gasteiger partial charge in [0.25, 0.3) is 5.91 Å². The van der Waals surface area contributed by atoms with Gasteiger partial charge in [-0.25, -0.2) is 4.98 Å². The lowest BCUT2D eigenvalue weighted by Gasteiger charge is -2.21. The van der Waals surface area contributed by atoms with Gasteiger partial charge in [-0.1, -0.05) is 28.1 Å². The van der Waals surface area contributed by atoms with Crippen molar-refractivity contribution in [1.82, 2.24) is 10.1 Å². The molecule has 3 heterocycles. The van der Waals surface area contributed by atoms with E-state index >= 15 is 0 Å². The molecule has 0 bridgehead atoms. The summed E-state index contributed by atoms with van der Waals surface area (Å²) >= 11 is 7.49. The Bertz CT molecular complexity index is 917. The van der Waals surface area contributed by atoms with Gasteiger partial charge in [-0.05, 0) is 38.0 Å². The molecule has 1 aliphatic rings. The lowest BCUT2D eigenvalue weighted by atomic mass is 10.2. The van der Waals surface area contributed by atoms with E-state index in [9.17, 15) is 4.79 Å². The van der Waals surface area contributed by atoms with Gasteiger partial charge in [-0.3, -0.25) is 9.69 Å². The van der Waals surface area contributed by atoms with Crippen LogP contribution in [0.5, 0.6) is 0 Å². The van der Waals surface area contributed by atoms with E-state index in [0.29, 0.717) is 22.4 Å². The summed E-state index contributed by atoms with van der Waals surface area (Å²) in [6.07, 6.45) is 1.93. The van der Waals surface area contributed by atoms with Crippen LogP contribution in [-0.2, 0) is 4.74 Å². The summed E-state index contributed by atoms with van der Waals surface area (Å²) in [7, 11) is 0. The number of hydrogen-bond acceptors (Lipinski definition) is 6. The van der Waals surface area contributed by atoms with Gasteiger partial charge in [0, 0.05) is 17.7 Å². The Morgan fingerprint density at radius 3 is 3.04 bits per heavy atom. The molecule has 1 unspecified atom stereocenters. The van der Waals surface area contributed by atoms with Gasteiger partial charge in [-0.15, -0.1) is 0 Å². The molecular weight excluding hydrogens is 362 g/mol. The smallest absolute Gasteiger partial charge is 0.298 e. The maximum atomic E-state index is 13.0. The maximum Gasteiger partial charge on any atom is 0.298 e. The molecule has 6 nitrogen and oxygen atoms in total. The molecule has 130 valence electrons. The molecule has 0 radical (unpaired) electrons. The van der Waals surface area contributed by atoms with Crippen molar-refractivity contribution in [3.63, 3.8) is 0 Å². The van der Waals surface area contributed by atoms with E-state index in [1.807, 2.05) is 12.1 Å². The Hall–Kier alpha value is -1.96. The minimum absolute atomic E-state index is 0.00330. The molecule has 25 heavy (non-hydrogen) atoms. The molecule has 1 atom stereocenters. The Morgan fingerprint density at radius 2 is 2.32 bits per heavy atom. The molecule has 0 saturated carbocycles. The van der Waals surface area contributed by atoms with Crippen LogP contribution in [0.15, 0.2) is 28.8 Å². The van der Waals surface area contributed by atoms with Crippen molar-refractivity contribution >= 4 is 44.2 Å². The van der Waals surface area contributed by atoms with E-state index in [2.05, 4.69) is 10.1 Å². The highest BCUT2D eigenvalue weighted by Gasteiger charge is 2.29. The van der Waals surface area contributed by atoms with Crippen molar-refractivity contribution in [3.05, 3.63) is 40.7 Å². The van der Waals surface area contributed by atoms with Crippen LogP contribution in [0.1, 0.15) is 29.1 Å². The number of halogens is 1. The van der Waals surface area contributed by atoms with E-state index in [1.165, 1.54) is 11.3 Å². The molecule has 0 N–H and O–H groups in total. The Kier molecular flexibility index (Phi) is 4.45. The lowest BCUT2D eigenvalue weighted by Crippen LogP contribution is -2.37. The first-order chi connectivity index (χ1) is 12.1. The monoisotopic (exact) mass is 377 g/mol. The lowest BCUT2D eigenvalue weighted by molar-refractivity contribution is 0.0887. The first kappa shape index (κ1) is 16.5. The minimum Gasteiger partial charge on any atom is -0.376 e. The van der Waals surface area contributed by atoms with Gasteiger partial charge >= 0.3 is 0 Å². The van der Waals surface area contributed by atoms with Crippen LogP contribution in [0.4, 0.5) is 5.13 Å². The standard InChI is InChI=1S/C17H16ClN3O3S/c1-10-7-14(24-20-10)16(22)21(9-12-3-2-6-23-12)17-19-13-5-4-11(18)8-15(13)25-17/h4-5,7-8,12H,2-3,6,9H2,1H3. The Morgan fingerprint density at radius 1 is 1.44 bits per heavy atom. The number of thiazole rings is 1. The molecule has 3 aromatic rings. The molecule has 1 fully saturated rings. The average Bonchev–Trinajstić information content (AvgIpc) is 3.31. The Labute approximate surface area is 153 Å². The summed E-state index contributed by atoms with van der Waals surface area (Å²) in [5.41, 5.74) is 1.47. The molecule has 1 amide bonds. The summed E-state index contributed by atoms with van der Waals surface area (Å²) in [5.74, 6) is -0.0611. The predicted molar refractivity (Wildman–Crippen MR) is 96.5 cm³/mol. The van der Waals surface area contributed by atoms with Crippen molar-refractivity contribution in [2.45, 2.75) is 25.9 Å². The van der Waals surface area contributed by atoms with Gasteiger partial charge in [0.1, 0.15) is 0 Å². The molecular formula is C17H16ClN3O3S. The number of hydrogen-bond donors (Lipinski definition) is 0. The van der Waals surface area contributed by atoms with Crippen molar-refractivity contribution in [2.75, 3.05) is 18.1 Å². The second kappa shape index (κ2) is 6.74. The summed E-state index contributed by atoms with van der Waals surface area (Å²) < 4.78 is 11.8. The third-order valence-electron chi connectivity index (χ3n) is 4.06. The number of aromatic nitrogens is 2. The van der Waals surface area contributed by atoms with Crippen molar-refractivity contribution < 1.29 is 14.1 Å². The van der Waals surface area contributed by atoms with Gasteiger partial charge in [-0.2, -0.15) is 0 Å². The van der Waals surface area contributed by atoms with Crippen molar-refractivity contribution in [3.8, 4) is 0 Å². The molecule has 8 heteroatoms. The average molecular weight is 378 g/mol. The predicted octanol–water partition coefficient (Wildman–Crippen LogP) is 4.07. The fourth-order valence-corrected chi connectivity index (χ4v) is 4.09. The van der Waals surface area contributed by atoms with E-state index in [-0.39, 0.29) is 17.8 Å². The highest BCUT2D eigenvalue weighted by atomic mass is 35.5.